The van der Waals surface area contributed by atoms with Crippen molar-refractivity contribution in [2.75, 3.05) is 6.54 Å². The van der Waals surface area contributed by atoms with Crippen molar-refractivity contribution in [1.29, 1.82) is 0 Å². The molecule has 0 aromatic rings. The molecule has 3 N–H and O–H groups in total. The van der Waals surface area contributed by atoms with Crippen molar-refractivity contribution in [2.45, 2.75) is 44.9 Å². The molecule has 0 fully saturated rings. The highest BCUT2D eigenvalue weighted by Crippen LogP contribution is 2.03. The Labute approximate surface area is 111 Å². The van der Waals surface area contributed by atoms with Gasteiger partial charge in [0.15, 0.2) is 0 Å². The molecule has 1 heterocycles. The molecule has 1 aliphatic heterocycles. The Balaban J connectivity index is 2.04. The van der Waals surface area contributed by atoms with E-state index in [2.05, 4.69) is 15.8 Å². The van der Waals surface area contributed by atoms with Crippen LogP contribution in [-0.4, -0.2) is 35.1 Å². The molecule has 106 valence electrons. The summed E-state index contributed by atoms with van der Waals surface area (Å²) >= 11 is 0. The monoisotopic (exact) mass is 269 g/mol. The summed E-state index contributed by atoms with van der Waals surface area (Å²) in [7, 11) is 0. The summed E-state index contributed by atoms with van der Waals surface area (Å²) in [6, 6.07) is 0. The van der Waals surface area contributed by atoms with Gasteiger partial charge >= 0.3 is 5.97 Å². The van der Waals surface area contributed by atoms with Crippen LogP contribution in [0.3, 0.4) is 0 Å². The number of carboxylic acids is 1. The summed E-state index contributed by atoms with van der Waals surface area (Å²) in [5.74, 6) is -1.19. The molecule has 0 aromatic carbocycles. The summed E-state index contributed by atoms with van der Waals surface area (Å²) < 4.78 is 0. The molecule has 1 rings (SSSR count). The zero-order valence-corrected chi connectivity index (χ0v) is 10.8. The van der Waals surface area contributed by atoms with Crippen molar-refractivity contribution in [3.63, 3.8) is 0 Å². The van der Waals surface area contributed by atoms with E-state index in [-0.39, 0.29) is 18.2 Å². The average molecular weight is 269 g/mol. The lowest BCUT2D eigenvalue weighted by Crippen LogP contribution is -2.37. The minimum atomic E-state index is -0.773. The third-order valence-corrected chi connectivity index (χ3v) is 2.77. The SMILES string of the molecule is O=C(O)CCCCCCNC(=O)C1=NNC(=O)CC1. The predicted molar refractivity (Wildman–Crippen MR) is 68.5 cm³/mol. The molecule has 0 saturated carbocycles. The number of unbranched alkanes of at least 4 members (excludes halogenated alkanes) is 3. The molecule has 2 amide bonds. The number of hydrogen-bond acceptors (Lipinski definition) is 4. The number of aliphatic carboxylic acids is 1. The maximum Gasteiger partial charge on any atom is 0.303 e. The number of carbonyl (C=O) groups is 3. The van der Waals surface area contributed by atoms with Gasteiger partial charge in [0.05, 0.1) is 0 Å². The van der Waals surface area contributed by atoms with E-state index in [0.717, 1.165) is 19.3 Å². The lowest BCUT2D eigenvalue weighted by molar-refractivity contribution is -0.137. The van der Waals surface area contributed by atoms with Crippen molar-refractivity contribution in [3.8, 4) is 0 Å². The molecule has 7 nitrogen and oxygen atoms in total. The van der Waals surface area contributed by atoms with Gasteiger partial charge in [-0.2, -0.15) is 5.10 Å². The highest BCUT2D eigenvalue weighted by Gasteiger charge is 2.17. The van der Waals surface area contributed by atoms with Gasteiger partial charge < -0.3 is 10.4 Å². The van der Waals surface area contributed by atoms with Gasteiger partial charge in [-0.05, 0) is 12.8 Å². The molecule has 0 bridgehead atoms. The lowest BCUT2D eigenvalue weighted by atomic mass is 10.1. The van der Waals surface area contributed by atoms with Gasteiger partial charge in [0, 0.05) is 25.8 Å². The third-order valence-electron chi connectivity index (χ3n) is 2.77. The fraction of sp³-hybridized carbons (Fsp3) is 0.667. The molecule has 0 aliphatic carbocycles. The zero-order valence-electron chi connectivity index (χ0n) is 10.8. The van der Waals surface area contributed by atoms with E-state index in [4.69, 9.17) is 5.11 Å². The Bertz CT molecular complexity index is 379. The highest BCUT2D eigenvalue weighted by atomic mass is 16.4. The number of nitrogens with zero attached hydrogens (tertiary/aromatic N) is 1. The van der Waals surface area contributed by atoms with Crippen LogP contribution >= 0.6 is 0 Å². The van der Waals surface area contributed by atoms with Gasteiger partial charge in [0.1, 0.15) is 5.71 Å². The van der Waals surface area contributed by atoms with E-state index in [1.54, 1.807) is 0 Å². The van der Waals surface area contributed by atoms with Gasteiger partial charge in [-0.1, -0.05) is 12.8 Å². The summed E-state index contributed by atoms with van der Waals surface area (Å²) in [6.07, 6.45) is 4.07. The van der Waals surface area contributed by atoms with Gasteiger partial charge in [-0.3, -0.25) is 14.4 Å². The average Bonchev–Trinajstić information content (AvgIpc) is 2.38. The molecule has 0 saturated heterocycles. The molecular formula is C12H19N3O4. The number of rotatable bonds is 8. The van der Waals surface area contributed by atoms with Gasteiger partial charge in [0.25, 0.3) is 5.91 Å². The number of hydrazone groups is 1. The second kappa shape index (κ2) is 8.23. The van der Waals surface area contributed by atoms with E-state index < -0.39 is 5.97 Å². The Kier molecular flexibility index (Phi) is 6.56. The Hall–Kier alpha value is -1.92. The molecule has 0 aromatic heterocycles. The standard InChI is InChI=1S/C12H19N3O4/c16-10-7-6-9(14-15-10)12(19)13-8-4-2-1-3-5-11(17)18/h1-8H2,(H,13,19)(H,15,16)(H,17,18). The number of carbonyl (C=O) groups excluding carboxylic acids is 2. The van der Waals surface area contributed by atoms with Gasteiger partial charge in [-0.15, -0.1) is 0 Å². The van der Waals surface area contributed by atoms with Crippen molar-refractivity contribution in [3.05, 3.63) is 0 Å². The highest BCUT2D eigenvalue weighted by molar-refractivity contribution is 6.39. The molecule has 0 spiro atoms. The first kappa shape index (κ1) is 15.1. The van der Waals surface area contributed by atoms with Crippen molar-refractivity contribution < 1.29 is 19.5 Å². The first-order valence-corrected chi connectivity index (χ1v) is 6.45. The van der Waals surface area contributed by atoms with Crippen LogP contribution in [-0.2, 0) is 14.4 Å². The topological polar surface area (TPSA) is 108 Å². The molecule has 19 heavy (non-hydrogen) atoms. The first-order valence-electron chi connectivity index (χ1n) is 6.45. The van der Waals surface area contributed by atoms with Crippen LogP contribution in [0.2, 0.25) is 0 Å². The maximum absolute atomic E-state index is 11.6. The number of hydrogen-bond donors (Lipinski definition) is 3. The van der Waals surface area contributed by atoms with Crippen LogP contribution < -0.4 is 10.7 Å². The van der Waals surface area contributed by atoms with E-state index in [0.29, 0.717) is 31.5 Å². The molecule has 0 atom stereocenters. The van der Waals surface area contributed by atoms with Crippen LogP contribution in [0.4, 0.5) is 0 Å². The maximum atomic E-state index is 11.6. The molecule has 1 aliphatic rings. The van der Waals surface area contributed by atoms with E-state index in [1.807, 2.05) is 0 Å². The van der Waals surface area contributed by atoms with Gasteiger partial charge in [0.2, 0.25) is 5.91 Å². The van der Waals surface area contributed by atoms with Crippen molar-refractivity contribution in [2.24, 2.45) is 5.10 Å². The van der Waals surface area contributed by atoms with Crippen LogP contribution in [0.25, 0.3) is 0 Å². The smallest absolute Gasteiger partial charge is 0.303 e. The zero-order chi connectivity index (χ0) is 14.1. The second-order valence-corrected chi connectivity index (χ2v) is 4.41. The van der Waals surface area contributed by atoms with Crippen LogP contribution in [0.1, 0.15) is 44.9 Å². The third kappa shape index (κ3) is 6.54. The Morgan fingerprint density at radius 3 is 2.58 bits per heavy atom. The fourth-order valence-electron chi connectivity index (χ4n) is 1.70. The Morgan fingerprint density at radius 1 is 1.21 bits per heavy atom. The van der Waals surface area contributed by atoms with Gasteiger partial charge in [-0.25, -0.2) is 5.43 Å². The summed E-state index contributed by atoms with van der Waals surface area (Å²) in [6.45, 7) is 0.541. The summed E-state index contributed by atoms with van der Waals surface area (Å²) in [4.78, 5) is 32.7. The van der Waals surface area contributed by atoms with Crippen LogP contribution in [0, 0.1) is 0 Å². The first-order chi connectivity index (χ1) is 9.09. The molecule has 7 heteroatoms. The summed E-state index contributed by atoms with van der Waals surface area (Å²) in [5, 5.41) is 14.9. The predicted octanol–water partition coefficient (Wildman–Crippen LogP) is 0.404. The Morgan fingerprint density at radius 2 is 1.95 bits per heavy atom. The number of amides is 2. The molecular weight excluding hydrogens is 250 g/mol. The van der Waals surface area contributed by atoms with Crippen LogP contribution in [0.5, 0.6) is 0 Å². The van der Waals surface area contributed by atoms with Crippen molar-refractivity contribution in [1.82, 2.24) is 10.7 Å². The van der Waals surface area contributed by atoms with Crippen LogP contribution in [0.15, 0.2) is 5.10 Å². The lowest BCUT2D eigenvalue weighted by Gasteiger charge is -2.11. The molecule has 0 radical (unpaired) electrons. The van der Waals surface area contributed by atoms with E-state index >= 15 is 0 Å². The van der Waals surface area contributed by atoms with E-state index in [9.17, 15) is 14.4 Å². The normalized spacial score (nSPS) is 14.5. The number of nitrogens with one attached hydrogen (secondary N) is 2. The number of carboxylic acid groups (broad SMARTS) is 1. The van der Waals surface area contributed by atoms with Crippen molar-refractivity contribution >= 4 is 23.5 Å². The molecule has 0 unspecified atom stereocenters. The fourth-order valence-corrected chi connectivity index (χ4v) is 1.70. The minimum absolute atomic E-state index is 0.171. The second-order valence-electron chi connectivity index (χ2n) is 4.41. The quantitative estimate of drug-likeness (QED) is 0.554. The minimum Gasteiger partial charge on any atom is -0.481 e. The van der Waals surface area contributed by atoms with E-state index in [1.165, 1.54) is 0 Å². The largest absolute Gasteiger partial charge is 0.481 e. The summed E-state index contributed by atoms with van der Waals surface area (Å²) in [5.41, 5.74) is 2.63.